The first kappa shape index (κ1) is 15.8. The van der Waals surface area contributed by atoms with Crippen LogP contribution in [0.1, 0.15) is 29.5 Å². The molecular weight excluding hydrogens is 300 g/mol. The Labute approximate surface area is 136 Å². The van der Waals surface area contributed by atoms with Crippen molar-refractivity contribution in [2.75, 3.05) is 26.7 Å². The molecule has 0 radical (unpaired) electrons. The van der Waals surface area contributed by atoms with Gasteiger partial charge in [0.2, 0.25) is 0 Å². The largest absolute Gasteiger partial charge is 0.510 e. The highest BCUT2D eigenvalue weighted by atomic mass is 35.5. The number of halogens is 1. The van der Waals surface area contributed by atoms with Gasteiger partial charge in [0, 0.05) is 30.2 Å². The molecule has 1 spiro atoms. The van der Waals surface area contributed by atoms with E-state index in [4.69, 9.17) is 16.4 Å². The van der Waals surface area contributed by atoms with Crippen LogP contribution in [0.5, 0.6) is 0 Å². The molecule has 2 heterocycles. The smallest absolute Gasteiger partial charge is 0.117 e. The van der Waals surface area contributed by atoms with E-state index in [1.807, 2.05) is 31.0 Å². The topological polar surface area (TPSA) is 44.7 Å². The van der Waals surface area contributed by atoms with E-state index in [9.17, 15) is 5.11 Å². The Morgan fingerprint density at radius 1 is 1.23 bits per heavy atom. The number of rotatable bonds is 2. The molecule has 1 aromatic rings. The minimum atomic E-state index is -0.303. The maximum Gasteiger partial charge on any atom is 0.117 e. The fraction of sp³-hybridized carbons (Fsp3) is 0.529. The van der Waals surface area contributed by atoms with Crippen molar-refractivity contribution >= 4 is 17.2 Å². The molecule has 0 amide bonds. The number of aliphatic hydroxyl groups is 1. The van der Waals surface area contributed by atoms with Gasteiger partial charge in [-0.25, -0.2) is 0 Å². The molecule has 0 aromatic heterocycles. The first-order chi connectivity index (χ1) is 10.5. The molecule has 120 valence electrons. The number of aliphatic hydroxyl groups excluding tert-OH is 1. The molecule has 5 heteroatoms. The fourth-order valence-electron chi connectivity index (χ4n) is 3.77. The van der Waals surface area contributed by atoms with Gasteiger partial charge in [-0.1, -0.05) is 11.6 Å². The summed E-state index contributed by atoms with van der Waals surface area (Å²) in [4.78, 5) is 5.29. The number of hydrogen-bond acceptors (Lipinski definition) is 4. The van der Waals surface area contributed by atoms with Crippen LogP contribution >= 0.6 is 11.6 Å². The van der Waals surface area contributed by atoms with E-state index in [1.165, 1.54) is 0 Å². The highest BCUT2D eigenvalue weighted by Crippen LogP contribution is 2.40. The second-order valence-electron chi connectivity index (χ2n) is 6.29. The summed E-state index contributed by atoms with van der Waals surface area (Å²) < 4.78 is 0. The molecule has 1 fully saturated rings. The highest BCUT2D eigenvalue weighted by molar-refractivity contribution is 6.30. The monoisotopic (exact) mass is 322 g/mol. The van der Waals surface area contributed by atoms with Crippen molar-refractivity contribution in [3.05, 3.63) is 39.6 Å². The van der Waals surface area contributed by atoms with E-state index >= 15 is 0 Å². The molecule has 2 N–H and O–H groups in total. The summed E-state index contributed by atoms with van der Waals surface area (Å²) in [6.07, 6.45) is 1.70. The van der Waals surface area contributed by atoms with E-state index in [0.717, 1.165) is 53.2 Å². The standard InChI is InChI=1S/C17H23ClN2O2/c1-11-8-13(18)9-12(2)15(11)14-10-19-17(16(14)21)4-6-20(22-3)7-5-17/h8-9,19,21H,4-7,10H2,1-3H3. The minimum Gasteiger partial charge on any atom is -0.510 e. The molecule has 0 atom stereocenters. The Morgan fingerprint density at radius 3 is 2.36 bits per heavy atom. The number of piperidine rings is 1. The van der Waals surface area contributed by atoms with Crippen LogP contribution in [-0.4, -0.2) is 42.5 Å². The van der Waals surface area contributed by atoms with E-state index < -0.39 is 0 Å². The fourth-order valence-corrected chi connectivity index (χ4v) is 4.10. The lowest BCUT2D eigenvalue weighted by molar-refractivity contribution is -0.151. The van der Waals surface area contributed by atoms with E-state index in [-0.39, 0.29) is 5.54 Å². The van der Waals surface area contributed by atoms with Crippen molar-refractivity contribution in [3.8, 4) is 0 Å². The Morgan fingerprint density at radius 2 is 1.82 bits per heavy atom. The van der Waals surface area contributed by atoms with Crippen molar-refractivity contribution in [2.45, 2.75) is 32.2 Å². The molecule has 2 aliphatic rings. The van der Waals surface area contributed by atoms with Crippen LogP contribution in [0.15, 0.2) is 17.9 Å². The molecule has 1 saturated heterocycles. The number of nitrogens with zero attached hydrogens (tertiary/aromatic N) is 1. The van der Waals surface area contributed by atoms with Crippen molar-refractivity contribution in [1.29, 1.82) is 0 Å². The zero-order valence-electron chi connectivity index (χ0n) is 13.4. The van der Waals surface area contributed by atoms with E-state index in [1.54, 1.807) is 7.11 Å². The van der Waals surface area contributed by atoms with Gasteiger partial charge in [-0.05, 0) is 55.5 Å². The van der Waals surface area contributed by atoms with Crippen molar-refractivity contribution in [3.63, 3.8) is 0 Å². The Bertz CT molecular complexity index is 596. The van der Waals surface area contributed by atoms with Gasteiger partial charge in [0.25, 0.3) is 0 Å². The molecule has 0 saturated carbocycles. The molecule has 1 aromatic carbocycles. The summed E-state index contributed by atoms with van der Waals surface area (Å²) in [6, 6.07) is 3.92. The zero-order valence-corrected chi connectivity index (χ0v) is 14.1. The lowest BCUT2D eigenvalue weighted by atomic mass is 9.85. The van der Waals surface area contributed by atoms with Crippen molar-refractivity contribution < 1.29 is 9.94 Å². The maximum atomic E-state index is 10.9. The lowest BCUT2D eigenvalue weighted by Crippen LogP contribution is -2.51. The van der Waals surface area contributed by atoms with E-state index in [2.05, 4.69) is 5.32 Å². The summed E-state index contributed by atoms with van der Waals surface area (Å²) in [5, 5.41) is 17.1. The van der Waals surface area contributed by atoms with Gasteiger partial charge in [-0.15, -0.1) is 0 Å². The second-order valence-corrected chi connectivity index (χ2v) is 6.73. The lowest BCUT2D eigenvalue weighted by Gasteiger charge is -2.38. The van der Waals surface area contributed by atoms with Crippen LogP contribution in [0.25, 0.3) is 5.57 Å². The van der Waals surface area contributed by atoms with Crippen molar-refractivity contribution in [2.24, 2.45) is 0 Å². The van der Waals surface area contributed by atoms with Gasteiger partial charge in [0.1, 0.15) is 5.76 Å². The molecular formula is C17H23ClN2O2. The normalized spacial score (nSPS) is 21.8. The van der Waals surface area contributed by atoms with Gasteiger partial charge in [0.05, 0.1) is 12.6 Å². The number of aryl methyl sites for hydroxylation is 2. The van der Waals surface area contributed by atoms with Crippen LogP contribution in [0.3, 0.4) is 0 Å². The molecule has 0 unspecified atom stereocenters. The van der Waals surface area contributed by atoms with Gasteiger partial charge in [-0.2, -0.15) is 5.06 Å². The minimum absolute atomic E-state index is 0.303. The van der Waals surface area contributed by atoms with Gasteiger partial charge < -0.3 is 15.3 Å². The quantitative estimate of drug-likeness (QED) is 0.877. The zero-order chi connectivity index (χ0) is 15.9. The van der Waals surface area contributed by atoms with Crippen LogP contribution < -0.4 is 5.32 Å². The number of hydroxylamine groups is 2. The molecule has 4 nitrogen and oxygen atoms in total. The average Bonchev–Trinajstić information content (AvgIpc) is 2.77. The summed E-state index contributed by atoms with van der Waals surface area (Å²) in [7, 11) is 1.70. The molecule has 3 rings (SSSR count). The van der Waals surface area contributed by atoms with Gasteiger partial charge >= 0.3 is 0 Å². The number of nitrogens with one attached hydrogen (secondary N) is 1. The van der Waals surface area contributed by atoms with Crippen LogP contribution in [0.4, 0.5) is 0 Å². The number of hydrogen-bond donors (Lipinski definition) is 2. The predicted octanol–water partition coefficient (Wildman–Crippen LogP) is 3.23. The Balaban J connectivity index is 1.96. The first-order valence-corrected chi connectivity index (χ1v) is 8.08. The van der Waals surface area contributed by atoms with E-state index in [0.29, 0.717) is 12.3 Å². The van der Waals surface area contributed by atoms with Crippen LogP contribution in [-0.2, 0) is 4.84 Å². The second kappa shape index (κ2) is 5.85. The molecule has 2 aliphatic heterocycles. The average molecular weight is 323 g/mol. The third-order valence-electron chi connectivity index (χ3n) is 4.98. The Kier molecular flexibility index (Phi) is 4.21. The third kappa shape index (κ3) is 2.54. The van der Waals surface area contributed by atoms with Gasteiger partial charge in [-0.3, -0.25) is 0 Å². The van der Waals surface area contributed by atoms with Crippen LogP contribution in [0, 0.1) is 13.8 Å². The molecule has 22 heavy (non-hydrogen) atoms. The maximum absolute atomic E-state index is 10.9. The highest BCUT2D eigenvalue weighted by Gasteiger charge is 2.44. The summed E-state index contributed by atoms with van der Waals surface area (Å²) >= 11 is 6.13. The Hall–Kier alpha value is -1.07. The SMILES string of the molecule is CON1CCC2(CC1)NCC(c1c(C)cc(Cl)cc1C)=C2O. The summed E-state index contributed by atoms with van der Waals surface area (Å²) in [5.74, 6) is 0.497. The summed E-state index contributed by atoms with van der Waals surface area (Å²) in [5.41, 5.74) is 4.06. The van der Waals surface area contributed by atoms with Crippen LogP contribution in [0.2, 0.25) is 5.02 Å². The summed E-state index contributed by atoms with van der Waals surface area (Å²) in [6.45, 7) is 6.43. The third-order valence-corrected chi connectivity index (χ3v) is 5.19. The molecule has 0 aliphatic carbocycles. The van der Waals surface area contributed by atoms with Gasteiger partial charge in [0.15, 0.2) is 0 Å². The first-order valence-electron chi connectivity index (χ1n) is 7.70. The predicted molar refractivity (Wildman–Crippen MR) is 89.0 cm³/mol. The molecule has 0 bridgehead atoms. The van der Waals surface area contributed by atoms with Crippen molar-refractivity contribution in [1.82, 2.24) is 10.4 Å². The number of benzene rings is 1.